The first-order valence-corrected chi connectivity index (χ1v) is 9.06. The van der Waals surface area contributed by atoms with E-state index in [0.29, 0.717) is 0 Å². The van der Waals surface area contributed by atoms with Crippen LogP contribution in [-0.4, -0.2) is 8.42 Å². The molecule has 0 unspecified atom stereocenters. The molecule has 0 radical (unpaired) electrons. The summed E-state index contributed by atoms with van der Waals surface area (Å²) in [5.74, 6) is 0. The lowest BCUT2D eigenvalue weighted by Gasteiger charge is -2.09. The van der Waals surface area contributed by atoms with Crippen molar-refractivity contribution in [1.82, 2.24) is 4.72 Å². The monoisotopic (exact) mass is 375 g/mol. The Labute approximate surface area is 138 Å². The fraction of sp³-hybridized carbons (Fsp3) is 0.0588. The second kappa shape index (κ2) is 6.20. The van der Waals surface area contributed by atoms with Crippen LogP contribution >= 0.6 is 15.9 Å². The van der Waals surface area contributed by atoms with Crippen LogP contribution in [0, 0.1) is 0 Å². The van der Waals surface area contributed by atoms with Crippen molar-refractivity contribution in [3.8, 4) is 0 Å². The number of nitrogens with one attached hydrogen (secondary N) is 1. The summed E-state index contributed by atoms with van der Waals surface area (Å²) in [5.41, 5.74) is 0.895. The molecule has 0 heterocycles. The van der Waals surface area contributed by atoms with Gasteiger partial charge in [0.15, 0.2) is 0 Å². The Morgan fingerprint density at radius 3 is 2.32 bits per heavy atom. The highest BCUT2D eigenvalue weighted by Gasteiger charge is 2.14. The van der Waals surface area contributed by atoms with E-state index in [1.165, 1.54) is 0 Å². The average Bonchev–Trinajstić information content (AvgIpc) is 2.54. The number of benzene rings is 3. The molecule has 3 rings (SSSR count). The molecule has 3 nitrogen and oxygen atoms in total. The predicted octanol–water partition coefficient (Wildman–Crippen LogP) is 4.08. The van der Waals surface area contributed by atoms with E-state index in [0.717, 1.165) is 20.8 Å². The first kappa shape index (κ1) is 15.2. The number of hydrogen-bond acceptors (Lipinski definition) is 2. The van der Waals surface area contributed by atoms with E-state index in [2.05, 4.69) is 20.7 Å². The zero-order valence-electron chi connectivity index (χ0n) is 11.7. The Balaban J connectivity index is 1.87. The Hall–Kier alpha value is -1.69. The van der Waals surface area contributed by atoms with Crippen LogP contribution < -0.4 is 4.72 Å². The van der Waals surface area contributed by atoms with Gasteiger partial charge in [0.05, 0.1) is 4.90 Å². The molecule has 0 spiro atoms. The second-order valence-electron chi connectivity index (χ2n) is 4.92. The van der Waals surface area contributed by atoms with Gasteiger partial charge in [-0.05, 0) is 34.5 Å². The van der Waals surface area contributed by atoms with Crippen LogP contribution in [0.25, 0.3) is 10.8 Å². The van der Waals surface area contributed by atoms with Gasteiger partial charge in [0.1, 0.15) is 0 Å². The Kier molecular flexibility index (Phi) is 4.29. The minimum atomic E-state index is -3.54. The third-order valence-electron chi connectivity index (χ3n) is 3.44. The highest BCUT2D eigenvalue weighted by atomic mass is 79.9. The van der Waals surface area contributed by atoms with Crippen LogP contribution in [0.5, 0.6) is 0 Å². The van der Waals surface area contributed by atoms with Crippen molar-refractivity contribution >= 4 is 36.7 Å². The third kappa shape index (κ3) is 3.21. The molecule has 5 heteroatoms. The summed E-state index contributed by atoms with van der Waals surface area (Å²) in [6.07, 6.45) is 0. The summed E-state index contributed by atoms with van der Waals surface area (Å²) >= 11 is 3.42. The third-order valence-corrected chi connectivity index (χ3v) is 5.61. The molecule has 0 saturated carbocycles. The van der Waals surface area contributed by atoms with Crippen LogP contribution in [0.2, 0.25) is 0 Å². The highest BCUT2D eigenvalue weighted by molar-refractivity contribution is 9.10. The summed E-state index contributed by atoms with van der Waals surface area (Å²) in [6.45, 7) is 0.247. The van der Waals surface area contributed by atoms with Crippen molar-refractivity contribution in [1.29, 1.82) is 0 Å². The Morgan fingerprint density at radius 2 is 1.55 bits per heavy atom. The van der Waals surface area contributed by atoms with Crippen molar-refractivity contribution in [2.75, 3.05) is 0 Å². The molecule has 0 atom stereocenters. The van der Waals surface area contributed by atoms with Crippen molar-refractivity contribution in [2.45, 2.75) is 11.4 Å². The molecule has 1 N–H and O–H groups in total. The molecule has 22 heavy (non-hydrogen) atoms. The predicted molar refractivity (Wildman–Crippen MR) is 92.1 cm³/mol. The van der Waals surface area contributed by atoms with Crippen LogP contribution in [0.3, 0.4) is 0 Å². The van der Waals surface area contributed by atoms with Crippen LogP contribution in [0.4, 0.5) is 0 Å². The normalized spacial score (nSPS) is 11.7. The first-order valence-electron chi connectivity index (χ1n) is 6.78. The topological polar surface area (TPSA) is 46.2 Å². The van der Waals surface area contributed by atoms with E-state index >= 15 is 0 Å². The van der Waals surface area contributed by atoms with Gasteiger partial charge in [-0.15, -0.1) is 0 Å². The zero-order chi connectivity index (χ0) is 15.6. The van der Waals surface area contributed by atoms with E-state index in [1.54, 1.807) is 12.1 Å². The minimum absolute atomic E-state index is 0.247. The average molecular weight is 376 g/mol. The molecule has 0 saturated heterocycles. The molecule has 3 aromatic carbocycles. The number of rotatable bonds is 4. The minimum Gasteiger partial charge on any atom is -0.207 e. The van der Waals surface area contributed by atoms with Crippen molar-refractivity contribution < 1.29 is 8.42 Å². The van der Waals surface area contributed by atoms with Gasteiger partial charge in [-0.1, -0.05) is 64.5 Å². The number of sulfonamides is 1. The van der Waals surface area contributed by atoms with Gasteiger partial charge in [-0.25, -0.2) is 13.1 Å². The number of fused-ring (bicyclic) bond motifs is 1. The molecule has 0 aromatic heterocycles. The molecule has 0 aliphatic heterocycles. The fourth-order valence-corrected chi connectivity index (χ4v) is 3.70. The molecular weight excluding hydrogens is 362 g/mol. The van der Waals surface area contributed by atoms with Gasteiger partial charge in [-0.3, -0.25) is 0 Å². The van der Waals surface area contributed by atoms with Crippen molar-refractivity contribution in [3.05, 3.63) is 76.8 Å². The van der Waals surface area contributed by atoms with E-state index in [4.69, 9.17) is 0 Å². The maximum absolute atomic E-state index is 12.4. The van der Waals surface area contributed by atoms with Gasteiger partial charge < -0.3 is 0 Å². The van der Waals surface area contributed by atoms with Crippen LogP contribution in [-0.2, 0) is 16.6 Å². The van der Waals surface area contributed by atoms with E-state index in [9.17, 15) is 8.42 Å². The molecular formula is C17H14BrNO2S. The lowest BCUT2D eigenvalue weighted by atomic mass is 10.1. The molecule has 0 aliphatic rings. The number of halogens is 1. The molecule has 0 bridgehead atoms. The van der Waals surface area contributed by atoms with Gasteiger partial charge in [-0.2, -0.15) is 0 Å². The summed E-state index contributed by atoms with van der Waals surface area (Å²) < 4.78 is 28.4. The fourth-order valence-electron chi connectivity index (χ4n) is 2.23. The van der Waals surface area contributed by atoms with Crippen LogP contribution in [0.1, 0.15) is 5.56 Å². The summed E-state index contributed by atoms with van der Waals surface area (Å²) in [7, 11) is -3.54. The van der Waals surface area contributed by atoms with Crippen molar-refractivity contribution in [2.24, 2.45) is 0 Å². The van der Waals surface area contributed by atoms with E-state index in [1.807, 2.05) is 54.6 Å². The summed E-state index contributed by atoms with van der Waals surface area (Å²) in [5, 5.41) is 1.93. The molecule has 0 aliphatic carbocycles. The van der Waals surface area contributed by atoms with E-state index in [-0.39, 0.29) is 11.4 Å². The van der Waals surface area contributed by atoms with Gasteiger partial charge in [0.2, 0.25) is 10.0 Å². The lowest BCUT2D eigenvalue weighted by molar-refractivity contribution is 0.581. The Morgan fingerprint density at radius 1 is 0.864 bits per heavy atom. The molecule has 112 valence electrons. The second-order valence-corrected chi connectivity index (χ2v) is 7.55. The zero-order valence-corrected chi connectivity index (χ0v) is 14.1. The molecule has 0 amide bonds. The lowest BCUT2D eigenvalue weighted by Crippen LogP contribution is -2.23. The SMILES string of the molecule is O=S(=O)(NCc1ccccc1Br)c1ccc2ccccc2c1. The van der Waals surface area contributed by atoms with Gasteiger partial charge in [0.25, 0.3) is 0 Å². The van der Waals surface area contributed by atoms with E-state index < -0.39 is 10.0 Å². The largest absolute Gasteiger partial charge is 0.240 e. The van der Waals surface area contributed by atoms with Crippen molar-refractivity contribution in [3.63, 3.8) is 0 Å². The van der Waals surface area contributed by atoms with Crippen LogP contribution in [0.15, 0.2) is 76.1 Å². The number of hydrogen-bond donors (Lipinski definition) is 1. The maximum Gasteiger partial charge on any atom is 0.240 e. The molecule has 0 fully saturated rings. The quantitative estimate of drug-likeness (QED) is 0.746. The maximum atomic E-state index is 12.4. The summed E-state index contributed by atoms with van der Waals surface area (Å²) in [6, 6.07) is 20.4. The summed E-state index contributed by atoms with van der Waals surface area (Å²) in [4.78, 5) is 0.276. The smallest absolute Gasteiger partial charge is 0.207 e. The Bertz CT molecular complexity index is 923. The standard InChI is InChI=1S/C17H14BrNO2S/c18-17-8-4-3-7-15(17)12-19-22(20,21)16-10-9-13-5-1-2-6-14(13)11-16/h1-11,19H,12H2. The van der Waals surface area contributed by atoms with Gasteiger partial charge in [0, 0.05) is 11.0 Å². The van der Waals surface area contributed by atoms with Gasteiger partial charge >= 0.3 is 0 Å². The first-order chi connectivity index (χ1) is 10.6. The highest BCUT2D eigenvalue weighted by Crippen LogP contribution is 2.20. The molecule has 3 aromatic rings.